The Morgan fingerprint density at radius 2 is 2.28 bits per heavy atom. The second-order valence-electron chi connectivity index (χ2n) is 3.72. The molecule has 0 spiro atoms. The average Bonchev–Trinajstić information content (AvgIpc) is 2.95. The lowest BCUT2D eigenvalue weighted by Gasteiger charge is -2.03. The Bertz CT molecular complexity index is 630. The van der Waals surface area contributed by atoms with Crippen molar-refractivity contribution in [1.29, 1.82) is 0 Å². The van der Waals surface area contributed by atoms with Gasteiger partial charge in [0.1, 0.15) is 4.21 Å². The average molecular weight is 287 g/mol. The Balaban J connectivity index is 2.10. The number of aromatic nitrogens is 2. The molecule has 2 aromatic heterocycles. The SMILES string of the molecule is Cc1[nH]ncc1CNS(=O)(=O)c1ccc(CO)s1. The second kappa shape index (κ2) is 5.19. The molecule has 18 heavy (non-hydrogen) atoms. The molecule has 0 amide bonds. The number of aliphatic hydroxyl groups is 1. The van der Waals surface area contributed by atoms with E-state index >= 15 is 0 Å². The van der Waals surface area contributed by atoms with E-state index < -0.39 is 10.0 Å². The first-order valence-electron chi connectivity index (χ1n) is 5.21. The molecule has 6 nitrogen and oxygen atoms in total. The zero-order valence-corrected chi connectivity index (χ0v) is 11.3. The van der Waals surface area contributed by atoms with Crippen LogP contribution in [0.25, 0.3) is 0 Å². The molecule has 0 radical (unpaired) electrons. The molecule has 0 aliphatic heterocycles. The maximum atomic E-state index is 12.0. The van der Waals surface area contributed by atoms with Crippen molar-refractivity contribution >= 4 is 21.4 Å². The molecule has 0 saturated carbocycles. The summed E-state index contributed by atoms with van der Waals surface area (Å²) in [6.45, 7) is 1.86. The minimum atomic E-state index is -3.53. The van der Waals surface area contributed by atoms with Crippen molar-refractivity contribution in [1.82, 2.24) is 14.9 Å². The fourth-order valence-corrected chi connectivity index (χ4v) is 3.65. The third-order valence-electron chi connectivity index (χ3n) is 2.44. The van der Waals surface area contributed by atoms with Crippen molar-refractivity contribution < 1.29 is 13.5 Å². The van der Waals surface area contributed by atoms with Gasteiger partial charge in [-0.2, -0.15) is 5.10 Å². The van der Waals surface area contributed by atoms with E-state index in [0.717, 1.165) is 22.6 Å². The molecule has 0 bridgehead atoms. The van der Waals surface area contributed by atoms with Crippen LogP contribution in [0, 0.1) is 6.92 Å². The van der Waals surface area contributed by atoms with E-state index in [-0.39, 0.29) is 17.4 Å². The molecule has 0 atom stereocenters. The van der Waals surface area contributed by atoms with Gasteiger partial charge in [-0.3, -0.25) is 5.10 Å². The number of nitrogens with zero attached hydrogens (tertiary/aromatic N) is 1. The molecule has 0 aliphatic carbocycles. The minimum Gasteiger partial charge on any atom is -0.391 e. The topological polar surface area (TPSA) is 95.1 Å². The number of H-pyrrole nitrogens is 1. The van der Waals surface area contributed by atoms with Crippen LogP contribution in [0.4, 0.5) is 0 Å². The highest BCUT2D eigenvalue weighted by molar-refractivity contribution is 7.91. The summed E-state index contributed by atoms with van der Waals surface area (Å²) < 4.78 is 26.6. The number of sulfonamides is 1. The summed E-state index contributed by atoms with van der Waals surface area (Å²) in [6.07, 6.45) is 1.59. The lowest BCUT2D eigenvalue weighted by molar-refractivity contribution is 0.285. The van der Waals surface area contributed by atoms with Crippen LogP contribution >= 0.6 is 11.3 Å². The van der Waals surface area contributed by atoms with Gasteiger partial charge in [-0.25, -0.2) is 13.1 Å². The Morgan fingerprint density at radius 3 is 2.83 bits per heavy atom. The van der Waals surface area contributed by atoms with Gasteiger partial charge < -0.3 is 5.11 Å². The molecule has 0 saturated heterocycles. The molecular weight excluding hydrogens is 274 g/mol. The summed E-state index contributed by atoms with van der Waals surface area (Å²) in [5, 5.41) is 15.5. The fourth-order valence-electron chi connectivity index (χ4n) is 1.39. The molecular formula is C10H13N3O3S2. The molecule has 3 N–H and O–H groups in total. The minimum absolute atomic E-state index is 0.152. The number of hydrogen-bond donors (Lipinski definition) is 3. The van der Waals surface area contributed by atoms with E-state index in [1.165, 1.54) is 6.07 Å². The zero-order chi connectivity index (χ0) is 13.2. The van der Waals surface area contributed by atoms with Gasteiger partial charge in [0.25, 0.3) is 0 Å². The first-order chi connectivity index (χ1) is 8.53. The summed E-state index contributed by atoms with van der Waals surface area (Å²) in [7, 11) is -3.53. The van der Waals surface area contributed by atoms with Crippen molar-refractivity contribution in [2.75, 3.05) is 0 Å². The summed E-state index contributed by atoms with van der Waals surface area (Å²) in [6, 6.07) is 3.09. The maximum Gasteiger partial charge on any atom is 0.250 e. The van der Waals surface area contributed by atoms with Crippen molar-refractivity contribution in [3.8, 4) is 0 Å². The molecule has 2 heterocycles. The van der Waals surface area contributed by atoms with Gasteiger partial charge in [-0.15, -0.1) is 11.3 Å². The van der Waals surface area contributed by atoms with Crippen LogP contribution in [0.2, 0.25) is 0 Å². The lowest BCUT2D eigenvalue weighted by Crippen LogP contribution is -2.22. The predicted molar refractivity (Wildman–Crippen MR) is 67.6 cm³/mol. The molecule has 0 aliphatic rings. The fraction of sp³-hybridized carbons (Fsp3) is 0.300. The monoisotopic (exact) mass is 287 g/mol. The molecule has 2 rings (SSSR count). The Morgan fingerprint density at radius 1 is 1.50 bits per heavy atom. The van der Waals surface area contributed by atoms with E-state index in [1.807, 2.05) is 6.92 Å². The second-order valence-corrected chi connectivity index (χ2v) is 6.89. The Hall–Kier alpha value is -1.22. The third-order valence-corrected chi connectivity index (χ3v) is 5.41. The largest absolute Gasteiger partial charge is 0.391 e. The molecule has 0 fully saturated rings. The quantitative estimate of drug-likeness (QED) is 0.756. The van der Waals surface area contributed by atoms with E-state index in [2.05, 4.69) is 14.9 Å². The summed E-state index contributed by atoms with van der Waals surface area (Å²) in [5.41, 5.74) is 1.64. The van der Waals surface area contributed by atoms with Crippen molar-refractivity contribution in [3.63, 3.8) is 0 Å². The number of thiophene rings is 1. The van der Waals surface area contributed by atoms with Crippen LogP contribution in [0.1, 0.15) is 16.1 Å². The van der Waals surface area contributed by atoms with Crippen molar-refractivity contribution in [3.05, 3.63) is 34.5 Å². The Kier molecular flexibility index (Phi) is 3.81. The number of rotatable bonds is 5. The first-order valence-corrected chi connectivity index (χ1v) is 7.51. The smallest absolute Gasteiger partial charge is 0.250 e. The summed E-state index contributed by atoms with van der Waals surface area (Å²) >= 11 is 1.06. The van der Waals surface area contributed by atoms with Gasteiger partial charge in [0, 0.05) is 22.7 Å². The predicted octanol–water partition coefficient (Wildman–Crippen LogP) is 0.750. The molecule has 2 aromatic rings. The number of aliphatic hydroxyl groups excluding tert-OH is 1. The Labute approximate surface area is 109 Å². The number of aryl methyl sites for hydroxylation is 1. The van der Waals surface area contributed by atoms with Gasteiger partial charge in [-0.05, 0) is 19.1 Å². The van der Waals surface area contributed by atoms with Gasteiger partial charge in [-0.1, -0.05) is 0 Å². The highest BCUT2D eigenvalue weighted by atomic mass is 32.2. The first kappa shape index (κ1) is 13.2. The summed E-state index contributed by atoms with van der Waals surface area (Å²) in [4.78, 5) is 0.620. The van der Waals surface area contributed by atoms with Crippen LogP contribution < -0.4 is 4.72 Å². The number of nitrogens with one attached hydrogen (secondary N) is 2. The van der Waals surface area contributed by atoms with Crippen LogP contribution in [0.3, 0.4) is 0 Å². The van der Waals surface area contributed by atoms with Gasteiger partial charge in [0.2, 0.25) is 10.0 Å². The van der Waals surface area contributed by atoms with Crippen LogP contribution in [0.15, 0.2) is 22.5 Å². The van der Waals surface area contributed by atoms with Gasteiger partial charge >= 0.3 is 0 Å². The lowest BCUT2D eigenvalue weighted by atomic mass is 10.3. The van der Waals surface area contributed by atoms with Gasteiger partial charge in [0.15, 0.2) is 0 Å². The third kappa shape index (κ3) is 2.78. The number of hydrogen-bond acceptors (Lipinski definition) is 5. The molecule has 0 aromatic carbocycles. The highest BCUT2D eigenvalue weighted by Crippen LogP contribution is 2.21. The molecule has 98 valence electrons. The standard InChI is InChI=1S/C10H13N3O3S2/c1-7-8(4-11-13-7)5-12-18(15,16)10-3-2-9(6-14)17-10/h2-4,12,14H,5-6H2,1H3,(H,11,13). The van der Waals surface area contributed by atoms with Crippen LogP contribution in [0.5, 0.6) is 0 Å². The van der Waals surface area contributed by atoms with Gasteiger partial charge in [0.05, 0.1) is 12.8 Å². The molecule has 8 heteroatoms. The molecule has 0 unspecified atom stereocenters. The van der Waals surface area contributed by atoms with Crippen molar-refractivity contribution in [2.24, 2.45) is 0 Å². The van der Waals surface area contributed by atoms with E-state index in [0.29, 0.717) is 4.88 Å². The highest BCUT2D eigenvalue weighted by Gasteiger charge is 2.17. The summed E-state index contributed by atoms with van der Waals surface area (Å²) in [5.74, 6) is 0. The maximum absolute atomic E-state index is 12.0. The van der Waals surface area contributed by atoms with Crippen LogP contribution in [-0.2, 0) is 23.2 Å². The van der Waals surface area contributed by atoms with E-state index in [1.54, 1.807) is 12.3 Å². The normalized spacial score (nSPS) is 11.9. The number of aromatic amines is 1. The van der Waals surface area contributed by atoms with E-state index in [9.17, 15) is 8.42 Å². The van der Waals surface area contributed by atoms with E-state index in [4.69, 9.17) is 5.11 Å². The zero-order valence-electron chi connectivity index (χ0n) is 9.67. The van der Waals surface area contributed by atoms with Crippen LogP contribution in [-0.4, -0.2) is 23.7 Å². The van der Waals surface area contributed by atoms with Crippen molar-refractivity contribution in [2.45, 2.75) is 24.3 Å².